The van der Waals surface area contributed by atoms with E-state index in [2.05, 4.69) is 30.9 Å². The predicted octanol–water partition coefficient (Wildman–Crippen LogP) is -3.01. The van der Waals surface area contributed by atoms with Crippen molar-refractivity contribution < 1.29 is 29.1 Å². The molecule has 222 valence electrons. The fraction of sp³-hybridized carbons (Fsp3) is 0.400. The second kappa shape index (κ2) is 16.2. The number of benzene rings is 1. The third-order valence-electron chi connectivity index (χ3n) is 5.85. The second-order valence-electron chi connectivity index (χ2n) is 9.22. The van der Waals surface area contributed by atoms with Crippen LogP contribution in [0.1, 0.15) is 30.5 Å². The molecule has 0 bridgehead atoms. The molecule has 0 saturated heterocycles. The van der Waals surface area contributed by atoms with Crippen molar-refractivity contribution in [1.29, 1.82) is 0 Å². The number of H-pyrrole nitrogens is 1. The molecule has 0 aliphatic carbocycles. The van der Waals surface area contributed by atoms with Gasteiger partial charge in [0.25, 0.3) is 0 Å². The molecular formula is C25H36N10O6. The first-order valence-electron chi connectivity index (χ1n) is 12.7. The summed E-state index contributed by atoms with van der Waals surface area (Å²) >= 11 is 0. The van der Waals surface area contributed by atoms with Gasteiger partial charge in [-0.3, -0.25) is 24.2 Å². The first-order valence-corrected chi connectivity index (χ1v) is 12.7. The third-order valence-corrected chi connectivity index (χ3v) is 5.85. The largest absolute Gasteiger partial charge is 0.480 e. The lowest BCUT2D eigenvalue weighted by molar-refractivity contribution is -0.142. The number of imidazole rings is 1. The number of aliphatic carboxylic acids is 1. The van der Waals surface area contributed by atoms with Crippen LogP contribution in [-0.4, -0.2) is 81.3 Å². The number of carboxylic acid groups (broad SMARTS) is 1. The van der Waals surface area contributed by atoms with E-state index in [9.17, 15) is 29.1 Å². The van der Waals surface area contributed by atoms with Crippen LogP contribution in [0.5, 0.6) is 0 Å². The van der Waals surface area contributed by atoms with Crippen LogP contribution in [0.25, 0.3) is 0 Å². The summed E-state index contributed by atoms with van der Waals surface area (Å²) in [4.78, 5) is 72.8. The molecule has 1 heterocycles. The maximum atomic E-state index is 13.4. The first-order chi connectivity index (χ1) is 19.5. The minimum absolute atomic E-state index is 0.0294. The summed E-state index contributed by atoms with van der Waals surface area (Å²) in [6.45, 7) is 0.143. The van der Waals surface area contributed by atoms with E-state index in [4.69, 9.17) is 22.9 Å². The predicted molar refractivity (Wildman–Crippen MR) is 148 cm³/mol. The minimum Gasteiger partial charge on any atom is -0.480 e. The van der Waals surface area contributed by atoms with Crippen molar-refractivity contribution in [2.24, 2.45) is 27.9 Å². The number of guanidine groups is 1. The Balaban J connectivity index is 2.24. The summed E-state index contributed by atoms with van der Waals surface area (Å²) in [5, 5.41) is 17.2. The maximum absolute atomic E-state index is 13.4. The van der Waals surface area contributed by atoms with Crippen LogP contribution in [0.2, 0.25) is 0 Å². The Morgan fingerprint density at radius 1 is 0.902 bits per heavy atom. The molecule has 4 unspecified atom stereocenters. The normalized spacial score (nSPS) is 13.6. The van der Waals surface area contributed by atoms with Crippen LogP contribution in [0, 0.1) is 0 Å². The summed E-state index contributed by atoms with van der Waals surface area (Å²) in [6, 6.07) is 3.71. The van der Waals surface area contributed by atoms with Crippen molar-refractivity contribution in [3.63, 3.8) is 0 Å². The zero-order valence-electron chi connectivity index (χ0n) is 22.3. The summed E-state index contributed by atoms with van der Waals surface area (Å²) in [6.07, 6.45) is 2.61. The minimum atomic E-state index is -1.33. The van der Waals surface area contributed by atoms with E-state index in [0.29, 0.717) is 11.3 Å². The van der Waals surface area contributed by atoms with E-state index in [0.717, 1.165) is 0 Å². The van der Waals surface area contributed by atoms with Crippen LogP contribution in [0.4, 0.5) is 0 Å². The number of primary amides is 1. The number of aliphatic imine (C=N–C) groups is 1. The van der Waals surface area contributed by atoms with Crippen LogP contribution >= 0.6 is 0 Å². The Morgan fingerprint density at radius 3 is 2.12 bits per heavy atom. The van der Waals surface area contributed by atoms with Crippen LogP contribution in [0.15, 0.2) is 47.8 Å². The fourth-order valence-electron chi connectivity index (χ4n) is 3.78. The van der Waals surface area contributed by atoms with Gasteiger partial charge in [-0.15, -0.1) is 0 Å². The third kappa shape index (κ3) is 11.7. The fourth-order valence-corrected chi connectivity index (χ4v) is 3.78. The highest BCUT2D eigenvalue weighted by Crippen LogP contribution is 2.08. The van der Waals surface area contributed by atoms with Gasteiger partial charge in [0.05, 0.1) is 18.8 Å². The summed E-state index contributed by atoms with van der Waals surface area (Å²) < 4.78 is 0. The number of aromatic nitrogens is 2. The number of hydrogen-bond donors (Lipinski definition) is 9. The number of nitrogens with one attached hydrogen (secondary N) is 4. The molecule has 0 saturated carbocycles. The van der Waals surface area contributed by atoms with Crippen LogP contribution < -0.4 is 38.9 Å². The molecule has 0 fully saturated rings. The Bertz CT molecular complexity index is 1200. The molecule has 0 aliphatic heterocycles. The molecule has 16 heteroatoms. The topological polar surface area (TPSA) is 287 Å². The Morgan fingerprint density at radius 2 is 1.54 bits per heavy atom. The van der Waals surface area contributed by atoms with E-state index in [1.807, 2.05) is 0 Å². The van der Waals surface area contributed by atoms with Gasteiger partial charge < -0.3 is 49.0 Å². The van der Waals surface area contributed by atoms with Gasteiger partial charge in [-0.2, -0.15) is 0 Å². The maximum Gasteiger partial charge on any atom is 0.326 e. The zero-order chi connectivity index (χ0) is 30.4. The number of nitrogens with two attached hydrogens (primary N) is 4. The highest BCUT2D eigenvalue weighted by molar-refractivity contribution is 5.95. The molecule has 2 rings (SSSR count). The summed E-state index contributed by atoms with van der Waals surface area (Å²) in [7, 11) is 0. The SMILES string of the molecule is NC(=O)CC(N)C(=O)NC(Cc1ccccc1)C(=O)NC(CCCN=C(N)N)C(=O)NC(Cc1cnc[nH]1)C(=O)O. The van der Waals surface area contributed by atoms with Gasteiger partial charge in [-0.05, 0) is 18.4 Å². The molecule has 0 radical (unpaired) electrons. The monoisotopic (exact) mass is 572 g/mol. The van der Waals surface area contributed by atoms with Gasteiger partial charge in [0.15, 0.2) is 5.96 Å². The standard InChI is InChI=1S/C25H36N10O6/c26-16(11-20(27)36)21(37)34-18(9-14-5-2-1-3-6-14)23(39)33-17(7-4-8-31-25(28)29)22(38)35-19(24(40)41)10-15-12-30-13-32-15/h1-3,5-6,12-13,16-19H,4,7-11,26H2,(H2,27,36)(H,30,32)(H,33,39)(H,34,37)(H,35,38)(H,40,41)(H4,28,29,31). The molecule has 4 amide bonds. The number of nitrogens with zero attached hydrogens (tertiary/aromatic N) is 2. The molecule has 1 aromatic heterocycles. The quantitative estimate of drug-likeness (QED) is 0.0525. The first kappa shape index (κ1) is 32.2. The van der Waals surface area contributed by atoms with Gasteiger partial charge in [-0.25, -0.2) is 9.78 Å². The Hall–Kier alpha value is -4.99. The van der Waals surface area contributed by atoms with Crippen molar-refractivity contribution in [3.8, 4) is 0 Å². The molecular weight excluding hydrogens is 536 g/mol. The van der Waals surface area contributed by atoms with Gasteiger partial charge in [0.2, 0.25) is 23.6 Å². The van der Waals surface area contributed by atoms with Crippen molar-refractivity contribution in [2.45, 2.75) is 56.3 Å². The summed E-state index contributed by atoms with van der Waals surface area (Å²) in [5.74, 6) is -4.55. The lowest BCUT2D eigenvalue weighted by Gasteiger charge is -2.25. The van der Waals surface area contributed by atoms with E-state index in [1.54, 1.807) is 30.3 Å². The van der Waals surface area contributed by atoms with Crippen LogP contribution in [0.3, 0.4) is 0 Å². The van der Waals surface area contributed by atoms with Gasteiger partial charge in [0, 0.05) is 31.3 Å². The number of carbonyl (C=O) groups excluding carboxylic acids is 4. The number of carbonyl (C=O) groups is 5. The number of hydrogen-bond acceptors (Lipinski definition) is 8. The molecule has 0 spiro atoms. The number of aromatic amines is 1. The lowest BCUT2D eigenvalue weighted by Crippen LogP contribution is -2.58. The molecule has 0 aliphatic rings. The van der Waals surface area contributed by atoms with E-state index in [1.165, 1.54) is 12.5 Å². The van der Waals surface area contributed by atoms with Gasteiger partial charge in [-0.1, -0.05) is 30.3 Å². The highest BCUT2D eigenvalue weighted by atomic mass is 16.4. The molecule has 1 aromatic carbocycles. The van der Waals surface area contributed by atoms with Crippen molar-refractivity contribution >= 4 is 35.6 Å². The second-order valence-corrected chi connectivity index (χ2v) is 9.22. The summed E-state index contributed by atoms with van der Waals surface area (Å²) in [5.41, 5.74) is 22.8. The Kier molecular flexibility index (Phi) is 12.7. The van der Waals surface area contributed by atoms with E-state index >= 15 is 0 Å². The smallest absolute Gasteiger partial charge is 0.326 e. The number of rotatable bonds is 17. The molecule has 2 aromatic rings. The van der Waals surface area contributed by atoms with Gasteiger partial charge in [0.1, 0.15) is 18.1 Å². The average molecular weight is 573 g/mol. The van der Waals surface area contributed by atoms with E-state index in [-0.39, 0.29) is 38.2 Å². The molecule has 16 nitrogen and oxygen atoms in total. The van der Waals surface area contributed by atoms with Gasteiger partial charge >= 0.3 is 5.97 Å². The van der Waals surface area contributed by atoms with Crippen molar-refractivity contribution in [2.75, 3.05) is 6.54 Å². The number of amides is 4. The van der Waals surface area contributed by atoms with Crippen molar-refractivity contribution in [1.82, 2.24) is 25.9 Å². The highest BCUT2D eigenvalue weighted by Gasteiger charge is 2.31. The zero-order valence-corrected chi connectivity index (χ0v) is 22.3. The molecule has 4 atom stereocenters. The molecule has 13 N–H and O–H groups in total. The van der Waals surface area contributed by atoms with Crippen molar-refractivity contribution in [3.05, 3.63) is 54.1 Å². The number of carboxylic acids is 1. The molecule has 41 heavy (non-hydrogen) atoms. The van der Waals surface area contributed by atoms with E-state index < -0.39 is 60.2 Å². The Labute approximate surface area is 235 Å². The lowest BCUT2D eigenvalue weighted by atomic mass is 10.0. The van der Waals surface area contributed by atoms with Crippen LogP contribution in [-0.2, 0) is 36.8 Å². The average Bonchev–Trinajstić information content (AvgIpc) is 3.42.